The van der Waals surface area contributed by atoms with Crippen molar-refractivity contribution < 1.29 is 4.79 Å². The zero-order valence-corrected chi connectivity index (χ0v) is 9.71. The summed E-state index contributed by atoms with van der Waals surface area (Å²) >= 11 is 0. The molecular formula is C13H17N2O. The molecule has 1 amide bonds. The first-order valence-corrected chi connectivity index (χ1v) is 5.55. The summed E-state index contributed by atoms with van der Waals surface area (Å²) in [6, 6.07) is 6.06. The molecule has 0 bridgehead atoms. The molecule has 0 fully saturated rings. The Morgan fingerprint density at radius 1 is 1.44 bits per heavy atom. The van der Waals surface area contributed by atoms with Gasteiger partial charge in [0.25, 0.3) is 0 Å². The monoisotopic (exact) mass is 217 g/mol. The minimum Gasteiger partial charge on any atom is -0.366 e. The second-order valence-corrected chi connectivity index (χ2v) is 4.49. The van der Waals surface area contributed by atoms with Crippen LogP contribution in [0.2, 0.25) is 0 Å². The third kappa shape index (κ3) is 1.95. The molecule has 2 rings (SSSR count). The molecule has 1 heterocycles. The molecule has 0 saturated carbocycles. The number of hydrogen-bond acceptors (Lipinski definition) is 2. The molecule has 1 radical (unpaired) electrons. The van der Waals surface area contributed by atoms with E-state index in [9.17, 15) is 4.79 Å². The Balaban J connectivity index is 2.40. The van der Waals surface area contributed by atoms with Crippen LogP contribution in [0, 0.1) is 5.92 Å². The Labute approximate surface area is 96.0 Å². The van der Waals surface area contributed by atoms with Gasteiger partial charge in [-0.25, -0.2) is 0 Å². The van der Waals surface area contributed by atoms with Crippen LogP contribution in [0.15, 0.2) is 18.2 Å². The van der Waals surface area contributed by atoms with Crippen LogP contribution in [0.1, 0.15) is 41.4 Å². The third-order valence-electron chi connectivity index (χ3n) is 3.06. The number of fused-ring (bicyclic) bond motifs is 1. The summed E-state index contributed by atoms with van der Waals surface area (Å²) in [5, 5.41) is 3.47. The van der Waals surface area contributed by atoms with Crippen LogP contribution >= 0.6 is 0 Å². The molecule has 0 aromatic heterocycles. The van der Waals surface area contributed by atoms with Crippen LogP contribution in [0.3, 0.4) is 0 Å². The van der Waals surface area contributed by atoms with E-state index in [1.165, 1.54) is 17.0 Å². The molecule has 1 aliphatic rings. The summed E-state index contributed by atoms with van der Waals surface area (Å²) in [6.07, 6.45) is 0.959. The van der Waals surface area contributed by atoms with Crippen LogP contribution in [-0.2, 0) is 6.42 Å². The number of carbonyl (C=O) groups is 1. The van der Waals surface area contributed by atoms with E-state index in [2.05, 4.69) is 19.2 Å². The lowest BCUT2D eigenvalue weighted by atomic mass is 9.87. The quantitative estimate of drug-likeness (QED) is 0.790. The highest BCUT2D eigenvalue weighted by Crippen LogP contribution is 2.30. The molecule has 0 aliphatic carbocycles. The number of rotatable bonds is 2. The molecule has 3 nitrogen and oxygen atoms in total. The second-order valence-electron chi connectivity index (χ2n) is 4.49. The number of nitrogens with two attached hydrogens (primary N) is 1. The van der Waals surface area contributed by atoms with Gasteiger partial charge in [-0.2, -0.15) is 0 Å². The van der Waals surface area contributed by atoms with Gasteiger partial charge in [0.15, 0.2) is 0 Å². The molecule has 0 saturated heterocycles. The summed E-state index contributed by atoms with van der Waals surface area (Å²) in [5.41, 5.74) is 8.40. The summed E-state index contributed by atoms with van der Waals surface area (Å²) in [6.45, 7) is 5.19. The van der Waals surface area contributed by atoms with Crippen molar-refractivity contribution in [2.24, 2.45) is 5.73 Å². The van der Waals surface area contributed by atoms with Crippen molar-refractivity contribution in [3.8, 4) is 0 Å². The first kappa shape index (κ1) is 11.1. The highest BCUT2D eigenvalue weighted by molar-refractivity contribution is 5.93. The van der Waals surface area contributed by atoms with Gasteiger partial charge in [-0.1, -0.05) is 19.9 Å². The second kappa shape index (κ2) is 4.26. The van der Waals surface area contributed by atoms with E-state index < -0.39 is 0 Å². The molecule has 3 N–H and O–H groups in total. The fraction of sp³-hybridized carbons (Fsp3) is 0.385. The normalized spacial score (nSPS) is 19.6. The van der Waals surface area contributed by atoms with Gasteiger partial charge in [-0.3, -0.25) is 4.79 Å². The van der Waals surface area contributed by atoms with Gasteiger partial charge >= 0.3 is 0 Å². The van der Waals surface area contributed by atoms with Crippen molar-refractivity contribution in [3.63, 3.8) is 0 Å². The molecular weight excluding hydrogens is 200 g/mol. The van der Waals surface area contributed by atoms with Crippen LogP contribution in [0.5, 0.6) is 0 Å². The minimum absolute atomic E-state index is 0.311. The van der Waals surface area contributed by atoms with Crippen LogP contribution in [-0.4, -0.2) is 12.5 Å². The Morgan fingerprint density at radius 2 is 2.19 bits per heavy atom. The van der Waals surface area contributed by atoms with Gasteiger partial charge < -0.3 is 11.1 Å². The van der Waals surface area contributed by atoms with E-state index in [1.807, 2.05) is 18.2 Å². The summed E-state index contributed by atoms with van der Waals surface area (Å²) in [7, 11) is 0. The van der Waals surface area contributed by atoms with Crippen molar-refractivity contribution in [2.45, 2.75) is 26.3 Å². The Hall–Kier alpha value is -1.35. The van der Waals surface area contributed by atoms with Gasteiger partial charge in [0.1, 0.15) is 0 Å². The lowest BCUT2D eigenvalue weighted by molar-refractivity contribution is 0.1000. The van der Waals surface area contributed by atoms with E-state index >= 15 is 0 Å². The topological polar surface area (TPSA) is 55.1 Å². The largest absolute Gasteiger partial charge is 0.366 e. The highest BCUT2D eigenvalue weighted by Gasteiger charge is 2.22. The smallest absolute Gasteiger partial charge is 0.248 e. The van der Waals surface area contributed by atoms with Crippen molar-refractivity contribution in [3.05, 3.63) is 40.8 Å². The van der Waals surface area contributed by atoms with Crippen LogP contribution in [0.4, 0.5) is 0 Å². The van der Waals surface area contributed by atoms with Gasteiger partial charge in [-0.05, 0) is 42.1 Å². The van der Waals surface area contributed by atoms with Crippen molar-refractivity contribution in [2.75, 3.05) is 6.54 Å². The van der Waals surface area contributed by atoms with E-state index in [1.54, 1.807) is 0 Å². The molecule has 1 aliphatic heterocycles. The summed E-state index contributed by atoms with van der Waals surface area (Å²) in [4.78, 5) is 11.1. The molecule has 0 spiro atoms. The van der Waals surface area contributed by atoms with Crippen LogP contribution < -0.4 is 11.1 Å². The van der Waals surface area contributed by atoms with Gasteiger partial charge in [0.05, 0.1) is 0 Å². The molecule has 3 heteroatoms. The predicted molar refractivity (Wildman–Crippen MR) is 64.0 cm³/mol. The fourth-order valence-corrected chi connectivity index (χ4v) is 2.23. The number of nitrogens with one attached hydrogen (secondary N) is 1. The van der Waals surface area contributed by atoms with Gasteiger partial charge in [0, 0.05) is 11.6 Å². The van der Waals surface area contributed by atoms with E-state index in [4.69, 9.17) is 5.73 Å². The molecule has 1 aromatic rings. The molecule has 16 heavy (non-hydrogen) atoms. The maximum absolute atomic E-state index is 11.1. The van der Waals surface area contributed by atoms with Gasteiger partial charge in [-0.15, -0.1) is 0 Å². The molecule has 85 valence electrons. The molecule has 1 atom stereocenters. The zero-order chi connectivity index (χ0) is 11.7. The molecule has 1 aromatic carbocycles. The third-order valence-corrected chi connectivity index (χ3v) is 3.06. The number of benzene rings is 1. The lowest BCUT2D eigenvalue weighted by Gasteiger charge is -2.29. The highest BCUT2D eigenvalue weighted by atomic mass is 16.1. The first-order valence-electron chi connectivity index (χ1n) is 5.55. The van der Waals surface area contributed by atoms with E-state index in [0.29, 0.717) is 11.6 Å². The van der Waals surface area contributed by atoms with Crippen LogP contribution in [0.25, 0.3) is 0 Å². The number of primary amides is 1. The maximum Gasteiger partial charge on any atom is 0.248 e. The number of carbonyl (C=O) groups excluding carboxylic acids is 1. The number of amides is 1. The minimum atomic E-state index is -0.352. The van der Waals surface area contributed by atoms with Gasteiger partial charge in [0.2, 0.25) is 5.91 Å². The summed E-state index contributed by atoms with van der Waals surface area (Å²) in [5.74, 6) is 0.989. The SMILES string of the molecule is C[C](C)C1NCCc2cc(C(N)=O)ccc21. The average Bonchev–Trinajstić information content (AvgIpc) is 2.27. The standard InChI is InChI=1S/C13H17N2O/c1-8(2)12-11-4-3-10(13(14)16)7-9(11)5-6-15-12/h3-4,7,12,15H,5-6H2,1-2H3,(H2,14,16). The maximum atomic E-state index is 11.1. The zero-order valence-electron chi connectivity index (χ0n) is 9.71. The van der Waals surface area contributed by atoms with E-state index in [0.717, 1.165) is 13.0 Å². The first-order chi connectivity index (χ1) is 7.59. The Morgan fingerprint density at radius 3 is 2.81 bits per heavy atom. The molecule has 1 unspecified atom stereocenters. The average molecular weight is 217 g/mol. The van der Waals surface area contributed by atoms with Crippen molar-refractivity contribution in [1.29, 1.82) is 0 Å². The van der Waals surface area contributed by atoms with Crippen molar-refractivity contribution >= 4 is 5.91 Å². The Kier molecular flexibility index (Phi) is 2.97. The summed E-state index contributed by atoms with van der Waals surface area (Å²) < 4.78 is 0. The van der Waals surface area contributed by atoms with Crippen molar-refractivity contribution in [1.82, 2.24) is 5.32 Å². The Bertz CT molecular complexity index is 412. The predicted octanol–water partition coefficient (Wildman–Crippen LogP) is 1.59. The lowest BCUT2D eigenvalue weighted by Crippen LogP contribution is -2.32. The number of hydrogen-bond donors (Lipinski definition) is 2. The van der Waals surface area contributed by atoms with E-state index in [-0.39, 0.29) is 5.91 Å². The fourth-order valence-electron chi connectivity index (χ4n) is 2.23.